The summed E-state index contributed by atoms with van der Waals surface area (Å²) in [5.74, 6) is 0. The van der Waals surface area contributed by atoms with Gasteiger partial charge in [-0.2, -0.15) is 0 Å². The molecule has 1 heterocycles. The third kappa shape index (κ3) is 4.94. The first-order valence-corrected chi connectivity index (χ1v) is 9.10. The molecule has 2 N–H and O–H groups in total. The van der Waals surface area contributed by atoms with Gasteiger partial charge in [0.15, 0.2) is 0 Å². The van der Waals surface area contributed by atoms with Crippen molar-refractivity contribution in [2.24, 2.45) is 0 Å². The molecule has 0 aliphatic carbocycles. The number of aromatic nitrogens is 1. The molecule has 0 aliphatic heterocycles. The van der Waals surface area contributed by atoms with E-state index in [1.165, 1.54) is 0 Å². The Bertz CT molecular complexity index is 855. The fourth-order valence-electron chi connectivity index (χ4n) is 2.77. The second kappa shape index (κ2) is 8.99. The number of aliphatic hydroxyl groups excluding tert-OH is 1. The molecule has 0 radical (unpaired) electrons. The molecule has 136 valence electrons. The zero-order valence-corrected chi connectivity index (χ0v) is 15.5. The molecule has 0 bridgehead atoms. The predicted octanol–water partition coefficient (Wildman–Crippen LogP) is 4.58. The Labute approximate surface area is 158 Å². The van der Waals surface area contributed by atoms with Crippen molar-refractivity contribution < 1.29 is 9.84 Å². The molecular formula is C21H23ClN2O2. The van der Waals surface area contributed by atoms with Gasteiger partial charge in [0.1, 0.15) is 0 Å². The maximum Gasteiger partial charge on any atom is 0.0790 e. The maximum atomic E-state index is 10.1. The molecule has 3 rings (SSSR count). The van der Waals surface area contributed by atoms with Gasteiger partial charge < -0.3 is 15.2 Å². The summed E-state index contributed by atoms with van der Waals surface area (Å²) in [5.41, 5.74) is 3.98. The number of halogens is 1. The molecule has 0 aliphatic rings. The van der Waals surface area contributed by atoms with Gasteiger partial charge in [0.05, 0.1) is 24.8 Å². The highest BCUT2D eigenvalue weighted by molar-refractivity contribution is 6.32. The van der Waals surface area contributed by atoms with Crippen LogP contribution in [-0.2, 0) is 11.3 Å². The first-order valence-electron chi connectivity index (χ1n) is 8.72. The van der Waals surface area contributed by atoms with Crippen molar-refractivity contribution in [1.82, 2.24) is 4.98 Å². The molecule has 2 aromatic carbocycles. The van der Waals surface area contributed by atoms with Gasteiger partial charge in [-0.3, -0.25) is 4.98 Å². The summed E-state index contributed by atoms with van der Waals surface area (Å²) in [6.07, 6.45) is 1.86. The number of nitrogens with one attached hydrogen (secondary N) is 1. The Balaban J connectivity index is 1.48. The highest BCUT2D eigenvalue weighted by atomic mass is 35.5. The average Bonchev–Trinajstić information content (AvgIpc) is 2.64. The molecule has 4 nitrogen and oxygen atoms in total. The smallest absolute Gasteiger partial charge is 0.0790 e. The van der Waals surface area contributed by atoms with Crippen LogP contribution in [0.3, 0.4) is 0 Å². The van der Waals surface area contributed by atoms with Crippen LogP contribution in [0.1, 0.15) is 17.5 Å². The van der Waals surface area contributed by atoms with Crippen LogP contribution in [0, 0.1) is 6.92 Å². The van der Waals surface area contributed by atoms with E-state index in [1.54, 1.807) is 6.20 Å². The van der Waals surface area contributed by atoms with E-state index in [-0.39, 0.29) is 0 Å². The summed E-state index contributed by atoms with van der Waals surface area (Å²) in [6, 6.07) is 15.8. The van der Waals surface area contributed by atoms with Crippen LogP contribution in [0.2, 0.25) is 5.02 Å². The Morgan fingerprint density at radius 2 is 2.00 bits per heavy atom. The van der Waals surface area contributed by atoms with E-state index in [4.69, 9.17) is 16.3 Å². The number of aryl methyl sites for hydroxylation is 1. The minimum atomic E-state index is -0.504. The SMILES string of the molecule is Cc1cc2c(NCC[C@H](O)COCc3ccccc3)ccnc2cc1Cl. The number of pyridine rings is 1. The van der Waals surface area contributed by atoms with Gasteiger partial charge in [0, 0.05) is 28.8 Å². The number of hydrogen-bond acceptors (Lipinski definition) is 4. The van der Waals surface area contributed by atoms with Crippen molar-refractivity contribution in [3.63, 3.8) is 0 Å². The third-order valence-corrected chi connectivity index (χ3v) is 4.64. The first-order chi connectivity index (χ1) is 12.6. The summed E-state index contributed by atoms with van der Waals surface area (Å²) in [4.78, 5) is 4.36. The summed E-state index contributed by atoms with van der Waals surface area (Å²) < 4.78 is 5.58. The molecule has 0 unspecified atom stereocenters. The second-order valence-corrected chi connectivity index (χ2v) is 6.75. The molecule has 26 heavy (non-hydrogen) atoms. The Hall–Kier alpha value is -2.14. The highest BCUT2D eigenvalue weighted by Crippen LogP contribution is 2.27. The number of hydrogen-bond donors (Lipinski definition) is 2. The number of aliphatic hydroxyl groups is 1. The van der Waals surface area contributed by atoms with Crippen LogP contribution < -0.4 is 5.32 Å². The fourth-order valence-corrected chi connectivity index (χ4v) is 2.93. The molecule has 0 saturated heterocycles. The monoisotopic (exact) mass is 370 g/mol. The molecule has 0 saturated carbocycles. The van der Waals surface area contributed by atoms with Gasteiger partial charge in [0.2, 0.25) is 0 Å². The second-order valence-electron chi connectivity index (χ2n) is 6.35. The molecule has 5 heteroatoms. The lowest BCUT2D eigenvalue weighted by molar-refractivity contribution is 0.0262. The molecule has 1 aromatic heterocycles. The Morgan fingerprint density at radius 1 is 1.19 bits per heavy atom. The summed E-state index contributed by atoms with van der Waals surface area (Å²) in [5, 5.41) is 15.2. The van der Waals surface area contributed by atoms with Gasteiger partial charge in [0.25, 0.3) is 0 Å². The van der Waals surface area contributed by atoms with Crippen LogP contribution in [0.15, 0.2) is 54.7 Å². The van der Waals surface area contributed by atoms with Crippen LogP contribution in [0.25, 0.3) is 10.9 Å². The van der Waals surface area contributed by atoms with Crippen LogP contribution in [-0.4, -0.2) is 29.3 Å². The zero-order chi connectivity index (χ0) is 18.4. The molecular weight excluding hydrogens is 348 g/mol. The summed E-state index contributed by atoms with van der Waals surface area (Å²) in [7, 11) is 0. The quantitative estimate of drug-likeness (QED) is 0.609. The summed E-state index contributed by atoms with van der Waals surface area (Å²) >= 11 is 6.17. The summed E-state index contributed by atoms with van der Waals surface area (Å²) in [6.45, 7) is 3.46. The van der Waals surface area contributed by atoms with Gasteiger partial charge >= 0.3 is 0 Å². The largest absolute Gasteiger partial charge is 0.391 e. The predicted molar refractivity (Wildman–Crippen MR) is 107 cm³/mol. The van der Waals surface area contributed by atoms with Crippen molar-refractivity contribution in [2.75, 3.05) is 18.5 Å². The maximum absolute atomic E-state index is 10.1. The van der Waals surface area contributed by atoms with Crippen molar-refractivity contribution in [3.05, 3.63) is 70.9 Å². The lowest BCUT2D eigenvalue weighted by atomic mass is 10.1. The standard InChI is InChI=1S/C21H23ClN2O2/c1-15-11-18-20(8-10-24-21(18)12-19(15)22)23-9-7-17(25)14-26-13-16-5-3-2-4-6-16/h2-6,8,10-12,17,25H,7,9,13-14H2,1H3,(H,23,24)/t17-/m0/s1. The highest BCUT2D eigenvalue weighted by Gasteiger charge is 2.07. The van der Waals surface area contributed by atoms with Gasteiger partial charge in [-0.1, -0.05) is 41.9 Å². The van der Waals surface area contributed by atoms with Crippen LogP contribution in [0.4, 0.5) is 5.69 Å². The number of anilines is 1. The third-order valence-electron chi connectivity index (χ3n) is 4.24. The van der Waals surface area contributed by atoms with E-state index in [0.717, 1.165) is 27.7 Å². The van der Waals surface area contributed by atoms with Crippen LogP contribution >= 0.6 is 11.6 Å². The molecule has 1 atom stereocenters. The Kier molecular flexibility index (Phi) is 6.45. The van der Waals surface area contributed by atoms with Gasteiger partial charge in [-0.15, -0.1) is 0 Å². The van der Waals surface area contributed by atoms with Gasteiger partial charge in [-0.05, 0) is 42.7 Å². The van der Waals surface area contributed by atoms with E-state index in [0.29, 0.717) is 31.2 Å². The lowest BCUT2D eigenvalue weighted by Gasteiger charge is -2.14. The molecule has 0 amide bonds. The Morgan fingerprint density at radius 3 is 2.81 bits per heavy atom. The van der Waals surface area contributed by atoms with E-state index < -0.39 is 6.10 Å². The number of rotatable bonds is 8. The number of fused-ring (bicyclic) bond motifs is 1. The van der Waals surface area contributed by atoms with E-state index in [9.17, 15) is 5.11 Å². The lowest BCUT2D eigenvalue weighted by Crippen LogP contribution is -2.19. The average molecular weight is 371 g/mol. The van der Waals surface area contributed by atoms with Crippen molar-refractivity contribution >= 4 is 28.2 Å². The van der Waals surface area contributed by atoms with Gasteiger partial charge in [-0.25, -0.2) is 0 Å². The number of benzene rings is 2. The fraction of sp³-hybridized carbons (Fsp3) is 0.286. The number of ether oxygens (including phenoxy) is 1. The van der Waals surface area contributed by atoms with Crippen molar-refractivity contribution in [3.8, 4) is 0 Å². The topological polar surface area (TPSA) is 54.4 Å². The van der Waals surface area contributed by atoms with E-state index in [2.05, 4.69) is 10.3 Å². The zero-order valence-electron chi connectivity index (χ0n) is 14.8. The molecule has 3 aromatic rings. The van der Waals surface area contributed by atoms with Crippen molar-refractivity contribution in [2.45, 2.75) is 26.1 Å². The minimum Gasteiger partial charge on any atom is -0.391 e. The first kappa shape index (κ1) is 18.6. The minimum absolute atomic E-state index is 0.322. The molecule has 0 fully saturated rings. The van der Waals surface area contributed by atoms with E-state index >= 15 is 0 Å². The molecule has 0 spiro atoms. The van der Waals surface area contributed by atoms with E-state index in [1.807, 2.05) is 55.5 Å². The van der Waals surface area contributed by atoms with Crippen LogP contribution in [0.5, 0.6) is 0 Å². The normalized spacial score (nSPS) is 12.3. The number of nitrogens with zero attached hydrogens (tertiary/aromatic N) is 1. The van der Waals surface area contributed by atoms with Crippen molar-refractivity contribution in [1.29, 1.82) is 0 Å².